The molecule has 27 heavy (non-hydrogen) atoms. The van der Waals surface area contributed by atoms with E-state index in [4.69, 9.17) is 4.74 Å². The van der Waals surface area contributed by atoms with E-state index in [0.717, 1.165) is 54.1 Å². The molecule has 2 heterocycles. The molecular formula is C22H23N3O2. The van der Waals surface area contributed by atoms with Crippen LogP contribution in [0.3, 0.4) is 0 Å². The summed E-state index contributed by atoms with van der Waals surface area (Å²) >= 11 is 0. The molecule has 1 N–H and O–H groups in total. The Bertz CT molecular complexity index is 882. The number of carbonyl (C=O) groups is 1. The van der Waals surface area contributed by atoms with Gasteiger partial charge in [0.2, 0.25) is 0 Å². The summed E-state index contributed by atoms with van der Waals surface area (Å²) in [5.41, 5.74) is 3.68. The smallest absolute Gasteiger partial charge is 0.253 e. The van der Waals surface area contributed by atoms with Gasteiger partial charge in [0.05, 0.1) is 18.2 Å². The summed E-state index contributed by atoms with van der Waals surface area (Å²) in [6, 6.07) is 15.6. The van der Waals surface area contributed by atoms with Crippen LogP contribution in [-0.2, 0) is 6.61 Å². The van der Waals surface area contributed by atoms with Crippen LogP contribution in [0.15, 0.2) is 61.1 Å². The normalized spacial score (nSPS) is 14.1. The third-order valence-corrected chi connectivity index (χ3v) is 4.91. The molecule has 3 aromatic rings. The highest BCUT2D eigenvalue weighted by atomic mass is 16.5. The highest BCUT2D eigenvalue weighted by molar-refractivity contribution is 5.94. The summed E-state index contributed by atoms with van der Waals surface area (Å²) in [5, 5.41) is 0. The van der Waals surface area contributed by atoms with Crippen molar-refractivity contribution in [2.24, 2.45) is 0 Å². The number of nitrogens with one attached hydrogen (secondary N) is 1. The topological polar surface area (TPSA) is 58.2 Å². The third-order valence-electron chi connectivity index (χ3n) is 4.91. The zero-order valence-corrected chi connectivity index (χ0v) is 15.2. The number of rotatable bonds is 5. The number of imidazole rings is 1. The molecule has 0 atom stereocenters. The van der Waals surface area contributed by atoms with E-state index in [-0.39, 0.29) is 5.91 Å². The maximum atomic E-state index is 12.6. The van der Waals surface area contributed by atoms with Crippen molar-refractivity contribution < 1.29 is 9.53 Å². The van der Waals surface area contributed by atoms with E-state index >= 15 is 0 Å². The van der Waals surface area contributed by atoms with Gasteiger partial charge in [-0.2, -0.15) is 0 Å². The van der Waals surface area contributed by atoms with Crippen LogP contribution in [-0.4, -0.2) is 33.9 Å². The standard InChI is InChI=1S/C22H23N3O2/c26-22(25-12-4-1-5-13-25)18-10-8-17(9-11-18)15-27-21-7-3-2-6-19(21)20-14-23-16-24-20/h2-3,6-11,14,16H,1,4-5,12-13,15H2,(H,23,24). The van der Waals surface area contributed by atoms with Crippen LogP contribution >= 0.6 is 0 Å². The van der Waals surface area contributed by atoms with Gasteiger partial charge in [-0.3, -0.25) is 4.79 Å². The summed E-state index contributed by atoms with van der Waals surface area (Å²) < 4.78 is 6.02. The first kappa shape index (κ1) is 17.3. The van der Waals surface area contributed by atoms with Gasteiger partial charge in [-0.05, 0) is 49.1 Å². The van der Waals surface area contributed by atoms with Gasteiger partial charge < -0.3 is 14.6 Å². The fourth-order valence-corrected chi connectivity index (χ4v) is 3.40. The first-order valence-corrected chi connectivity index (χ1v) is 9.40. The molecule has 1 amide bonds. The van der Waals surface area contributed by atoms with Crippen molar-refractivity contribution in [2.75, 3.05) is 13.1 Å². The third kappa shape index (κ3) is 4.03. The van der Waals surface area contributed by atoms with E-state index in [9.17, 15) is 4.79 Å². The molecule has 0 saturated carbocycles. The number of hydrogen-bond acceptors (Lipinski definition) is 3. The second kappa shape index (κ2) is 8.08. The van der Waals surface area contributed by atoms with Crippen molar-refractivity contribution in [1.29, 1.82) is 0 Å². The Balaban J connectivity index is 1.42. The quantitative estimate of drug-likeness (QED) is 0.738. The van der Waals surface area contributed by atoms with E-state index in [2.05, 4.69) is 9.97 Å². The van der Waals surface area contributed by atoms with Crippen LogP contribution in [0.4, 0.5) is 0 Å². The van der Waals surface area contributed by atoms with Crippen molar-refractivity contribution in [1.82, 2.24) is 14.9 Å². The van der Waals surface area contributed by atoms with Crippen LogP contribution in [0, 0.1) is 0 Å². The van der Waals surface area contributed by atoms with E-state index in [1.807, 2.05) is 53.4 Å². The molecule has 1 aliphatic rings. The molecule has 4 rings (SSSR count). The average molecular weight is 361 g/mol. The van der Waals surface area contributed by atoms with Crippen molar-refractivity contribution in [3.8, 4) is 17.0 Å². The lowest BCUT2D eigenvalue weighted by molar-refractivity contribution is 0.0724. The lowest BCUT2D eigenvalue weighted by Gasteiger charge is -2.26. The Morgan fingerprint density at radius 2 is 1.81 bits per heavy atom. The van der Waals surface area contributed by atoms with Crippen LogP contribution in [0.5, 0.6) is 5.75 Å². The van der Waals surface area contributed by atoms with E-state index in [1.165, 1.54) is 6.42 Å². The number of amides is 1. The first-order chi connectivity index (χ1) is 13.3. The van der Waals surface area contributed by atoms with Gasteiger partial charge in [0.1, 0.15) is 12.4 Å². The van der Waals surface area contributed by atoms with Gasteiger partial charge in [0, 0.05) is 24.2 Å². The predicted molar refractivity (Wildman–Crippen MR) is 105 cm³/mol. The van der Waals surface area contributed by atoms with Gasteiger partial charge in [0.25, 0.3) is 5.91 Å². The number of benzene rings is 2. The van der Waals surface area contributed by atoms with E-state index < -0.39 is 0 Å². The van der Waals surface area contributed by atoms with Gasteiger partial charge >= 0.3 is 0 Å². The molecule has 2 aromatic carbocycles. The van der Waals surface area contributed by atoms with Crippen molar-refractivity contribution in [3.05, 3.63) is 72.2 Å². The Labute approximate surface area is 159 Å². The molecule has 5 nitrogen and oxygen atoms in total. The average Bonchev–Trinajstić information content (AvgIpc) is 3.28. The number of carbonyl (C=O) groups excluding carboxylic acids is 1. The summed E-state index contributed by atoms with van der Waals surface area (Å²) in [6.07, 6.45) is 6.87. The SMILES string of the molecule is O=C(c1ccc(COc2ccccc2-c2cnc[nH]2)cc1)N1CCCCC1. The largest absolute Gasteiger partial charge is 0.488 e. The number of ether oxygens (including phenoxy) is 1. The summed E-state index contributed by atoms with van der Waals surface area (Å²) in [4.78, 5) is 21.7. The number of hydrogen-bond donors (Lipinski definition) is 1. The molecule has 1 aromatic heterocycles. The van der Waals surface area contributed by atoms with E-state index in [0.29, 0.717) is 6.61 Å². The molecule has 1 fully saturated rings. The molecule has 0 bridgehead atoms. The second-order valence-electron chi connectivity index (χ2n) is 6.80. The lowest BCUT2D eigenvalue weighted by atomic mass is 10.1. The number of piperidine rings is 1. The van der Waals surface area contributed by atoms with Crippen LogP contribution in [0.1, 0.15) is 35.2 Å². The van der Waals surface area contributed by atoms with Crippen LogP contribution < -0.4 is 4.74 Å². The molecule has 0 spiro atoms. The Hall–Kier alpha value is -3.08. The molecule has 138 valence electrons. The molecule has 0 unspecified atom stereocenters. The molecular weight excluding hydrogens is 338 g/mol. The minimum atomic E-state index is 0.131. The van der Waals surface area contributed by atoms with Gasteiger partial charge in [-0.1, -0.05) is 24.3 Å². The highest BCUT2D eigenvalue weighted by Gasteiger charge is 2.17. The molecule has 5 heteroatoms. The fourth-order valence-electron chi connectivity index (χ4n) is 3.40. The van der Waals surface area contributed by atoms with Crippen molar-refractivity contribution in [2.45, 2.75) is 25.9 Å². The number of likely N-dealkylation sites (tertiary alicyclic amines) is 1. The van der Waals surface area contributed by atoms with Crippen LogP contribution in [0.25, 0.3) is 11.3 Å². The number of para-hydroxylation sites is 1. The fraction of sp³-hybridized carbons (Fsp3) is 0.273. The second-order valence-corrected chi connectivity index (χ2v) is 6.80. The zero-order chi connectivity index (χ0) is 18.5. The van der Waals surface area contributed by atoms with E-state index in [1.54, 1.807) is 12.5 Å². The molecule has 0 aliphatic carbocycles. The Kier molecular flexibility index (Phi) is 5.19. The van der Waals surface area contributed by atoms with Gasteiger partial charge in [-0.15, -0.1) is 0 Å². The van der Waals surface area contributed by atoms with Gasteiger partial charge in [-0.25, -0.2) is 4.98 Å². The number of nitrogens with zero attached hydrogens (tertiary/aromatic N) is 2. The zero-order valence-electron chi connectivity index (χ0n) is 15.2. The molecule has 1 aliphatic heterocycles. The predicted octanol–water partition coefficient (Wildman–Crippen LogP) is 4.28. The number of aromatic amines is 1. The van der Waals surface area contributed by atoms with Gasteiger partial charge in [0.15, 0.2) is 0 Å². The minimum absolute atomic E-state index is 0.131. The highest BCUT2D eigenvalue weighted by Crippen LogP contribution is 2.28. The number of aromatic nitrogens is 2. The molecule has 0 radical (unpaired) electrons. The number of H-pyrrole nitrogens is 1. The first-order valence-electron chi connectivity index (χ1n) is 9.40. The van der Waals surface area contributed by atoms with Crippen molar-refractivity contribution in [3.63, 3.8) is 0 Å². The van der Waals surface area contributed by atoms with Crippen molar-refractivity contribution >= 4 is 5.91 Å². The maximum absolute atomic E-state index is 12.6. The monoisotopic (exact) mass is 361 g/mol. The minimum Gasteiger partial charge on any atom is -0.488 e. The Morgan fingerprint density at radius 1 is 1.04 bits per heavy atom. The maximum Gasteiger partial charge on any atom is 0.253 e. The summed E-state index contributed by atoms with van der Waals surface area (Å²) in [5.74, 6) is 0.932. The Morgan fingerprint density at radius 3 is 2.56 bits per heavy atom. The lowest BCUT2D eigenvalue weighted by Crippen LogP contribution is -2.35. The summed E-state index contributed by atoms with van der Waals surface area (Å²) in [7, 11) is 0. The summed E-state index contributed by atoms with van der Waals surface area (Å²) in [6.45, 7) is 2.19. The van der Waals surface area contributed by atoms with Crippen LogP contribution in [0.2, 0.25) is 0 Å². The molecule has 1 saturated heterocycles.